The van der Waals surface area contributed by atoms with Crippen molar-refractivity contribution in [2.75, 3.05) is 0 Å². The molecule has 0 amide bonds. The number of hydrogen-bond acceptors (Lipinski definition) is 2. The monoisotopic (exact) mass is 220 g/mol. The molecule has 0 heterocycles. The van der Waals surface area contributed by atoms with Crippen LogP contribution in [0, 0.1) is 22.1 Å². The van der Waals surface area contributed by atoms with Gasteiger partial charge in [-0.05, 0) is 18.4 Å². The number of nitro benzene ring substituents is 1. The van der Waals surface area contributed by atoms with E-state index in [-0.39, 0.29) is 10.6 Å². The SMILES string of the molecule is CCCCC(C)Cc1cc[c]cc1[N+](=O)[O-]. The van der Waals surface area contributed by atoms with Gasteiger partial charge in [0.05, 0.1) is 4.92 Å². The Kier molecular flexibility index (Phi) is 4.96. The lowest BCUT2D eigenvalue weighted by molar-refractivity contribution is -0.385. The summed E-state index contributed by atoms with van der Waals surface area (Å²) in [4.78, 5) is 10.5. The van der Waals surface area contributed by atoms with Crippen molar-refractivity contribution in [2.45, 2.75) is 39.5 Å². The minimum atomic E-state index is -0.321. The van der Waals surface area contributed by atoms with Crippen LogP contribution in [-0.2, 0) is 6.42 Å². The number of nitro groups is 1. The Balaban J connectivity index is 2.69. The van der Waals surface area contributed by atoms with Gasteiger partial charge in [-0.25, -0.2) is 0 Å². The smallest absolute Gasteiger partial charge is 0.258 e. The van der Waals surface area contributed by atoms with Crippen molar-refractivity contribution in [3.05, 3.63) is 39.9 Å². The molecule has 0 saturated heterocycles. The van der Waals surface area contributed by atoms with Crippen molar-refractivity contribution in [3.8, 4) is 0 Å². The first-order valence-electron chi connectivity index (χ1n) is 5.78. The summed E-state index contributed by atoms with van der Waals surface area (Å²) in [6.45, 7) is 4.31. The summed E-state index contributed by atoms with van der Waals surface area (Å²) in [5, 5.41) is 10.8. The average molecular weight is 220 g/mol. The van der Waals surface area contributed by atoms with Crippen LogP contribution in [0.4, 0.5) is 5.69 Å². The molecule has 0 N–H and O–H groups in total. The minimum absolute atomic E-state index is 0.200. The van der Waals surface area contributed by atoms with Crippen molar-refractivity contribution in [1.82, 2.24) is 0 Å². The van der Waals surface area contributed by atoms with Gasteiger partial charge in [0.15, 0.2) is 0 Å². The molecular weight excluding hydrogens is 202 g/mol. The summed E-state index contributed by atoms with van der Waals surface area (Å²) in [5.41, 5.74) is 1.03. The summed E-state index contributed by atoms with van der Waals surface area (Å²) >= 11 is 0. The van der Waals surface area contributed by atoms with Gasteiger partial charge in [-0.3, -0.25) is 10.1 Å². The van der Waals surface area contributed by atoms with E-state index in [9.17, 15) is 10.1 Å². The highest BCUT2D eigenvalue weighted by atomic mass is 16.6. The van der Waals surface area contributed by atoms with E-state index in [0.717, 1.165) is 18.4 Å². The molecule has 1 aromatic carbocycles. The quantitative estimate of drug-likeness (QED) is 0.541. The molecule has 1 aromatic rings. The molecule has 0 saturated carbocycles. The molecule has 16 heavy (non-hydrogen) atoms. The van der Waals surface area contributed by atoms with E-state index in [1.54, 1.807) is 12.1 Å². The van der Waals surface area contributed by atoms with Crippen LogP contribution in [0.3, 0.4) is 0 Å². The van der Waals surface area contributed by atoms with Crippen LogP contribution in [0.2, 0.25) is 0 Å². The van der Waals surface area contributed by atoms with Gasteiger partial charge in [0.25, 0.3) is 5.69 Å². The first kappa shape index (κ1) is 12.7. The molecule has 0 bridgehead atoms. The van der Waals surface area contributed by atoms with E-state index in [1.807, 2.05) is 0 Å². The van der Waals surface area contributed by atoms with E-state index in [0.29, 0.717) is 5.92 Å². The van der Waals surface area contributed by atoms with E-state index < -0.39 is 0 Å². The zero-order chi connectivity index (χ0) is 12.0. The lowest BCUT2D eigenvalue weighted by atomic mass is 9.95. The van der Waals surface area contributed by atoms with Crippen molar-refractivity contribution < 1.29 is 4.92 Å². The van der Waals surface area contributed by atoms with Crippen LogP contribution >= 0.6 is 0 Å². The summed E-state index contributed by atoms with van der Waals surface area (Å²) in [6.07, 6.45) is 4.28. The van der Waals surface area contributed by atoms with Gasteiger partial charge in [-0.15, -0.1) is 0 Å². The number of rotatable bonds is 6. The molecule has 1 unspecified atom stereocenters. The van der Waals surface area contributed by atoms with Gasteiger partial charge in [0.1, 0.15) is 0 Å². The Morgan fingerprint density at radius 1 is 1.56 bits per heavy atom. The van der Waals surface area contributed by atoms with E-state index in [1.165, 1.54) is 18.9 Å². The number of benzene rings is 1. The summed E-state index contributed by atoms with van der Waals surface area (Å²) in [5.74, 6) is 0.501. The van der Waals surface area contributed by atoms with E-state index in [4.69, 9.17) is 0 Å². The Morgan fingerprint density at radius 2 is 2.31 bits per heavy atom. The van der Waals surface area contributed by atoms with Gasteiger partial charge in [0.2, 0.25) is 0 Å². The number of nitrogens with zero attached hydrogens (tertiary/aromatic N) is 1. The third-order valence-corrected chi connectivity index (χ3v) is 2.75. The van der Waals surface area contributed by atoms with Gasteiger partial charge >= 0.3 is 0 Å². The lowest BCUT2D eigenvalue weighted by Crippen LogP contribution is -2.03. The second-order valence-corrected chi connectivity index (χ2v) is 4.26. The lowest BCUT2D eigenvalue weighted by Gasteiger charge is -2.10. The van der Waals surface area contributed by atoms with Crippen LogP contribution in [-0.4, -0.2) is 4.92 Å². The third-order valence-electron chi connectivity index (χ3n) is 2.75. The first-order chi connectivity index (χ1) is 7.65. The Morgan fingerprint density at radius 3 is 2.94 bits per heavy atom. The molecule has 0 aliphatic heterocycles. The summed E-state index contributed by atoms with van der Waals surface area (Å²) in [7, 11) is 0. The topological polar surface area (TPSA) is 43.1 Å². The fourth-order valence-corrected chi connectivity index (χ4v) is 1.83. The molecule has 1 atom stereocenters. The summed E-state index contributed by atoms with van der Waals surface area (Å²) < 4.78 is 0. The standard InChI is InChI=1S/C13H18NO2/c1-3-4-7-11(2)10-12-8-5-6-9-13(12)14(15)16/h5,8-9,11H,3-4,7,10H2,1-2H3. The highest BCUT2D eigenvalue weighted by Crippen LogP contribution is 2.22. The van der Waals surface area contributed by atoms with Crippen LogP contribution < -0.4 is 0 Å². The molecule has 87 valence electrons. The molecule has 1 radical (unpaired) electrons. The Labute approximate surface area is 96.6 Å². The maximum absolute atomic E-state index is 10.8. The second kappa shape index (κ2) is 6.26. The number of unbranched alkanes of at least 4 members (excludes halogenated alkanes) is 1. The molecule has 0 fully saturated rings. The normalized spacial score (nSPS) is 12.4. The molecule has 0 aliphatic carbocycles. The average Bonchev–Trinajstić information content (AvgIpc) is 2.27. The van der Waals surface area contributed by atoms with Crippen molar-refractivity contribution >= 4 is 5.69 Å². The van der Waals surface area contributed by atoms with Crippen LogP contribution in [0.25, 0.3) is 0 Å². The van der Waals surface area contributed by atoms with Crippen LogP contribution in [0.5, 0.6) is 0 Å². The summed E-state index contributed by atoms with van der Waals surface area (Å²) in [6, 6.07) is 7.77. The van der Waals surface area contributed by atoms with E-state index in [2.05, 4.69) is 19.9 Å². The van der Waals surface area contributed by atoms with Crippen molar-refractivity contribution in [3.63, 3.8) is 0 Å². The Bertz CT molecular complexity index is 350. The highest BCUT2D eigenvalue weighted by molar-refractivity contribution is 5.39. The largest absolute Gasteiger partial charge is 0.273 e. The minimum Gasteiger partial charge on any atom is -0.258 e. The third kappa shape index (κ3) is 3.65. The fraction of sp³-hybridized carbons (Fsp3) is 0.538. The molecular formula is C13H18NO2. The highest BCUT2D eigenvalue weighted by Gasteiger charge is 2.14. The van der Waals surface area contributed by atoms with Crippen LogP contribution in [0.15, 0.2) is 18.2 Å². The molecule has 0 aromatic heterocycles. The van der Waals surface area contributed by atoms with E-state index >= 15 is 0 Å². The fourth-order valence-electron chi connectivity index (χ4n) is 1.83. The molecule has 0 aliphatic rings. The Hall–Kier alpha value is -1.38. The predicted octanol–water partition coefficient (Wildman–Crippen LogP) is 3.76. The van der Waals surface area contributed by atoms with Gasteiger partial charge < -0.3 is 0 Å². The zero-order valence-electron chi connectivity index (χ0n) is 9.90. The zero-order valence-corrected chi connectivity index (χ0v) is 9.90. The number of hydrogen-bond donors (Lipinski definition) is 0. The molecule has 1 rings (SSSR count). The predicted molar refractivity (Wildman–Crippen MR) is 64.3 cm³/mol. The maximum Gasteiger partial charge on any atom is 0.273 e. The maximum atomic E-state index is 10.8. The van der Waals surface area contributed by atoms with Gasteiger partial charge in [-0.2, -0.15) is 0 Å². The first-order valence-corrected chi connectivity index (χ1v) is 5.78. The van der Waals surface area contributed by atoms with Gasteiger partial charge in [0, 0.05) is 11.6 Å². The van der Waals surface area contributed by atoms with Crippen molar-refractivity contribution in [1.29, 1.82) is 0 Å². The van der Waals surface area contributed by atoms with Gasteiger partial charge in [-0.1, -0.05) is 45.2 Å². The molecule has 3 heteroatoms. The second-order valence-electron chi connectivity index (χ2n) is 4.26. The van der Waals surface area contributed by atoms with Crippen molar-refractivity contribution in [2.24, 2.45) is 5.92 Å². The molecule has 3 nitrogen and oxygen atoms in total. The van der Waals surface area contributed by atoms with Crippen LogP contribution in [0.1, 0.15) is 38.7 Å². The molecule has 0 spiro atoms.